The molecule has 2 aromatic rings. The van der Waals surface area contributed by atoms with E-state index in [1.807, 2.05) is 0 Å². The van der Waals surface area contributed by atoms with Crippen LogP contribution in [0.3, 0.4) is 0 Å². The van der Waals surface area contributed by atoms with Gasteiger partial charge in [0.25, 0.3) is 5.91 Å². The molecule has 0 spiro atoms. The van der Waals surface area contributed by atoms with E-state index in [2.05, 4.69) is 5.32 Å². The standard InChI is InChI=1S/C17H17F2NO2/c1-12(22-16-8-6-15(19)7-9-16)17(21)20-11-10-13-2-4-14(18)5-3-13/h2-9,12H,10-11H2,1H3,(H,20,21)/t12-/m1/s1. The topological polar surface area (TPSA) is 38.3 Å². The molecule has 0 aromatic heterocycles. The predicted molar refractivity (Wildman–Crippen MR) is 79.6 cm³/mol. The van der Waals surface area contributed by atoms with Crippen molar-refractivity contribution in [2.45, 2.75) is 19.4 Å². The molecule has 0 fully saturated rings. The number of carbonyl (C=O) groups is 1. The van der Waals surface area contributed by atoms with Crippen LogP contribution in [-0.4, -0.2) is 18.6 Å². The molecule has 116 valence electrons. The van der Waals surface area contributed by atoms with Gasteiger partial charge >= 0.3 is 0 Å². The van der Waals surface area contributed by atoms with Gasteiger partial charge in [-0.05, 0) is 55.3 Å². The number of rotatable bonds is 6. The molecule has 0 bridgehead atoms. The zero-order valence-electron chi connectivity index (χ0n) is 12.2. The summed E-state index contributed by atoms with van der Waals surface area (Å²) in [6.07, 6.45) is -0.0753. The monoisotopic (exact) mass is 305 g/mol. The molecule has 0 unspecified atom stereocenters. The molecule has 2 aromatic carbocycles. The lowest BCUT2D eigenvalue weighted by Gasteiger charge is -2.14. The molecular formula is C17H17F2NO2. The van der Waals surface area contributed by atoms with Crippen molar-refractivity contribution in [1.82, 2.24) is 5.32 Å². The normalized spacial score (nSPS) is 11.8. The maximum atomic E-state index is 12.8. The van der Waals surface area contributed by atoms with Crippen molar-refractivity contribution in [1.29, 1.82) is 0 Å². The van der Waals surface area contributed by atoms with Gasteiger partial charge in [-0.1, -0.05) is 12.1 Å². The first kappa shape index (κ1) is 15.9. The average Bonchev–Trinajstić information content (AvgIpc) is 2.51. The number of halogens is 2. The van der Waals surface area contributed by atoms with Crippen molar-refractivity contribution in [3.8, 4) is 5.75 Å². The number of hydrogen-bond donors (Lipinski definition) is 1. The van der Waals surface area contributed by atoms with Crippen molar-refractivity contribution in [2.75, 3.05) is 6.54 Å². The van der Waals surface area contributed by atoms with Crippen LogP contribution in [0, 0.1) is 11.6 Å². The number of carbonyl (C=O) groups excluding carboxylic acids is 1. The number of benzene rings is 2. The molecule has 1 amide bonds. The van der Waals surface area contributed by atoms with Gasteiger partial charge < -0.3 is 10.1 Å². The van der Waals surface area contributed by atoms with E-state index in [9.17, 15) is 13.6 Å². The van der Waals surface area contributed by atoms with E-state index in [0.29, 0.717) is 18.7 Å². The summed E-state index contributed by atoms with van der Waals surface area (Å²) in [4.78, 5) is 11.9. The summed E-state index contributed by atoms with van der Waals surface area (Å²) in [5, 5.41) is 2.75. The highest BCUT2D eigenvalue weighted by Crippen LogP contribution is 2.13. The molecule has 0 aliphatic rings. The molecule has 5 heteroatoms. The zero-order valence-corrected chi connectivity index (χ0v) is 12.2. The third kappa shape index (κ3) is 4.84. The van der Waals surface area contributed by atoms with Crippen LogP contribution in [-0.2, 0) is 11.2 Å². The number of nitrogens with one attached hydrogen (secondary N) is 1. The van der Waals surface area contributed by atoms with E-state index in [1.54, 1.807) is 19.1 Å². The fourth-order valence-corrected chi connectivity index (χ4v) is 1.90. The van der Waals surface area contributed by atoms with Crippen molar-refractivity contribution in [3.63, 3.8) is 0 Å². The molecule has 1 atom stereocenters. The van der Waals surface area contributed by atoms with Crippen LogP contribution in [0.5, 0.6) is 5.75 Å². The highest BCUT2D eigenvalue weighted by Gasteiger charge is 2.13. The minimum atomic E-state index is -0.682. The number of ether oxygens (including phenoxy) is 1. The third-order valence-corrected chi connectivity index (χ3v) is 3.12. The Morgan fingerprint density at radius 1 is 1.05 bits per heavy atom. The third-order valence-electron chi connectivity index (χ3n) is 3.12. The Kier molecular flexibility index (Phi) is 5.47. The first-order valence-electron chi connectivity index (χ1n) is 6.99. The Labute approximate surface area is 127 Å². The minimum Gasteiger partial charge on any atom is -0.481 e. The van der Waals surface area contributed by atoms with E-state index >= 15 is 0 Å². The average molecular weight is 305 g/mol. The van der Waals surface area contributed by atoms with Crippen LogP contribution < -0.4 is 10.1 Å². The summed E-state index contributed by atoms with van der Waals surface area (Å²) in [6.45, 7) is 2.05. The van der Waals surface area contributed by atoms with Crippen molar-refractivity contribution in [3.05, 3.63) is 65.7 Å². The van der Waals surface area contributed by atoms with E-state index < -0.39 is 6.10 Å². The highest BCUT2D eigenvalue weighted by atomic mass is 19.1. The molecule has 3 nitrogen and oxygen atoms in total. The molecule has 1 N–H and O–H groups in total. The molecule has 22 heavy (non-hydrogen) atoms. The van der Waals surface area contributed by atoms with Gasteiger partial charge in [0, 0.05) is 6.54 Å². The first-order chi connectivity index (χ1) is 10.5. The van der Waals surface area contributed by atoms with Crippen LogP contribution >= 0.6 is 0 Å². The van der Waals surface area contributed by atoms with Crippen LogP contribution in [0.25, 0.3) is 0 Å². The van der Waals surface area contributed by atoms with Crippen molar-refractivity contribution < 1.29 is 18.3 Å². The van der Waals surface area contributed by atoms with Crippen LogP contribution in [0.2, 0.25) is 0 Å². The van der Waals surface area contributed by atoms with Gasteiger partial charge in [0.2, 0.25) is 0 Å². The molecule has 0 aliphatic heterocycles. The molecular weight excluding hydrogens is 288 g/mol. The first-order valence-corrected chi connectivity index (χ1v) is 6.99. The minimum absolute atomic E-state index is 0.258. The van der Waals surface area contributed by atoms with Crippen molar-refractivity contribution in [2.24, 2.45) is 0 Å². The van der Waals surface area contributed by atoms with E-state index in [1.165, 1.54) is 36.4 Å². The predicted octanol–water partition coefficient (Wildman–Crippen LogP) is 3.09. The van der Waals surface area contributed by atoms with Gasteiger partial charge in [-0.15, -0.1) is 0 Å². The molecule has 0 saturated heterocycles. The SMILES string of the molecule is C[C@@H](Oc1ccc(F)cc1)C(=O)NCCc1ccc(F)cc1. The van der Waals surface area contributed by atoms with E-state index in [-0.39, 0.29) is 17.5 Å². The highest BCUT2D eigenvalue weighted by molar-refractivity contribution is 5.80. The Hall–Kier alpha value is -2.43. The molecule has 0 radical (unpaired) electrons. The van der Waals surface area contributed by atoms with Crippen molar-refractivity contribution >= 4 is 5.91 Å². The lowest BCUT2D eigenvalue weighted by atomic mass is 10.1. The maximum Gasteiger partial charge on any atom is 0.260 e. The second-order valence-electron chi connectivity index (χ2n) is 4.88. The Balaban J connectivity index is 1.76. The molecule has 0 saturated carbocycles. The maximum absolute atomic E-state index is 12.8. The summed E-state index contributed by atoms with van der Waals surface area (Å²) in [5.41, 5.74) is 0.939. The quantitative estimate of drug-likeness (QED) is 0.890. The van der Waals surface area contributed by atoms with Crippen LogP contribution in [0.4, 0.5) is 8.78 Å². The Bertz CT molecular complexity index is 612. The van der Waals surface area contributed by atoms with Gasteiger partial charge in [0.1, 0.15) is 17.4 Å². The number of hydrogen-bond acceptors (Lipinski definition) is 2. The lowest BCUT2D eigenvalue weighted by molar-refractivity contribution is -0.127. The smallest absolute Gasteiger partial charge is 0.260 e. The summed E-state index contributed by atoms with van der Waals surface area (Å²) >= 11 is 0. The van der Waals surface area contributed by atoms with E-state index in [4.69, 9.17) is 4.74 Å². The fourth-order valence-electron chi connectivity index (χ4n) is 1.90. The Morgan fingerprint density at radius 2 is 1.59 bits per heavy atom. The van der Waals surface area contributed by atoms with Crippen LogP contribution in [0.1, 0.15) is 12.5 Å². The van der Waals surface area contributed by atoms with Gasteiger partial charge in [-0.2, -0.15) is 0 Å². The summed E-state index contributed by atoms with van der Waals surface area (Å²) in [7, 11) is 0. The van der Waals surface area contributed by atoms with Gasteiger partial charge in [0.05, 0.1) is 0 Å². The second-order valence-corrected chi connectivity index (χ2v) is 4.88. The zero-order chi connectivity index (χ0) is 15.9. The summed E-state index contributed by atoms with van der Waals surface area (Å²) in [6, 6.07) is 11.6. The van der Waals surface area contributed by atoms with Gasteiger partial charge in [-0.25, -0.2) is 8.78 Å². The number of amides is 1. The fraction of sp³-hybridized carbons (Fsp3) is 0.235. The lowest BCUT2D eigenvalue weighted by Crippen LogP contribution is -2.37. The summed E-state index contributed by atoms with van der Waals surface area (Å²) < 4.78 is 31.0. The Morgan fingerprint density at radius 3 is 2.18 bits per heavy atom. The van der Waals surface area contributed by atoms with Crippen LogP contribution in [0.15, 0.2) is 48.5 Å². The van der Waals surface area contributed by atoms with Gasteiger partial charge in [0.15, 0.2) is 6.10 Å². The largest absolute Gasteiger partial charge is 0.481 e. The summed E-state index contributed by atoms with van der Waals surface area (Å²) in [5.74, 6) is -0.466. The second kappa shape index (κ2) is 7.54. The van der Waals surface area contributed by atoms with E-state index in [0.717, 1.165) is 5.56 Å². The molecule has 0 heterocycles. The molecule has 2 rings (SSSR count). The molecule has 0 aliphatic carbocycles. The van der Waals surface area contributed by atoms with Gasteiger partial charge in [-0.3, -0.25) is 4.79 Å².